The largest absolute Gasteiger partial charge is 0.263 e. The summed E-state index contributed by atoms with van der Waals surface area (Å²) in [5.74, 6) is 0. The third-order valence-corrected chi connectivity index (χ3v) is 6.81. The van der Waals surface area contributed by atoms with Crippen LogP contribution < -0.4 is 4.31 Å². The molecule has 2 aliphatic rings. The summed E-state index contributed by atoms with van der Waals surface area (Å²) < 4.78 is 28.1. The molecule has 0 fully saturated rings. The first kappa shape index (κ1) is 14.5. The van der Waals surface area contributed by atoms with Gasteiger partial charge in [0.2, 0.25) is 0 Å². The quantitative estimate of drug-likeness (QED) is 0.843. The van der Waals surface area contributed by atoms with E-state index >= 15 is 0 Å². The third kappa shape index (κ3) is 2.29. The molecule has 0 radical (unpaired) electrons. The molecular formula is C19H19NO2S. The van der Waals surface area contributed by atoms with Crippen LogP contribution in [0.15, 0.2) is 53.4 Å². The molecule has 118 valence electrons. The maximum Gasteiger partial charge on any atom is 0.260 e. The number of nitrogens with zero attached hydrogens (tertiary/aromatic N) is 1. The molecule has 0 aromatic heterocycles. The number of anilines is 1. The molecule has 0 saturated carbocycles. The minimum Gasteiger partial charge on any atom is -0.263 e. The van der Waals surface area contributed by atoms with Gasteiger partial charge in [0.15, 0.2) is 0 Å². The van der Waals surface area contributed by atoms with Crippen LogP contribution in [0, 0.1) is 0 Å². The summed E-state index contributed by atoms with van der Waals surface area (Å²) in [7, 11) is -3.47. The van der Waals surface area contributed by atoms with Gasteiger partial charge in [-0.3, -0.25) is 4.31 Å². The lowest BCUT2D eigenvalue weighted by atomic mass is 9.98. The van der Waals surface area contributed by atoms with E-state index in [2.05, 4.69) is 6.07 Å². The Morgan fingerprint density at radius 3 is 2.48 bits per heavy atom. The Morgan fingerprint density at radius 1 is 0.957 bits per heavy atom. The zero-order valence-corrected chi connectivity index (χ0v) is 13.9. The average Bonchev–Trinajstić information content (AvgIpc) is 2.90. The highest BCUT2D eigenvalue weighted by molar-refractivity contribution is 7.96. The number of aryl methyl sites for hydroxylation is 1. The zero-order chi connectivity index (χ0) is 16.0. The molecule has 3 nitrogen and oxygen atoms in total. The molecule has 2 aromatic carbocycles. The number of sulfonamides is 1. The smallest absolute Gasteiger partial charge is 0.260 e. The van der Waals surface area contributed by atoms with Crippen LogP contribution in [0.1, 0.15) is 30.0 Å². The lowest BCUT2D eigenvalue weighted by Crippen LogP contribution is -2.36. The van der Waals surface area contributed by atoms with Crippen molar-refractivity contribution < 1.29 is 8.42 Å². The predicted molar refractivity (Wildman–Crippen MR) is 93.7 cm³/mol. The summed E-state index contributed by atoms with van der Waals surface area (Å²) in [5.41, 5.74) is 4.19. The zero-order valence-electron chi connectivity index (χ0n) is 13.1. The van der Waals surface area contributed by atoms with Crippen molar-refractivity contribution in [3.8, 4) is 0 Å². The highest BCUT2D eigenvalue weighted by atomic mass is 32.2. The molecule has 0 amide bonds. The van der Waals surface area contributed by atoms with Crippen molar-refractivity contribution in [2.45, 2.75) is 32.2 Å². The molecular weight excluding hydrogens is 306 g/mol. The van der Waals surface area contributed by atoms with E-state index in [0.29, 0.717) is 11.3 Å². The summed E-state index contributed by atoms with van der Waals surface area (Å²) in [6.45, 7) is 1.98. The molecule has 2 aromatic rings. The Morgan fingerprint density at radius 2 is 1.65 bits per heavy atom. The van der Waals surface area contributed by atoms with E-state index < -0.39 is 10.0 Å². The van der Waals surface area contributed by atoms with Crippen LogP contribution in [0.3, 0.4) is 0 Å². The van der Waals surface area contributed by atoms with E-state index in [1.165, 1.54) is 5.56 Å². The van der Waals surface area contributed by atoms with Gasteiger partial charge in [0.25, 0.3) is 10.0 Å². The molecule has 0 N–H and O–H groups in total. The molecule has 1 aliphatic heterocycles. The second kappa shape index (κ2) is 5.24. The van der Waals surface area contributed by atoms with E-state index in [1.807, 2.05) is 55.5 Å². The molecule has 4 rings (SSSR count). The monoisotopic (exact) mass is 325 g/mol. The number of rotatable bonds is 2. The van der Waals surface area contributed by atoms with Gasteiger partial charge in [-0.25, -0.2) is 8.42 Å². The van der Waals surface area contributed by atoms with Gasteiger partial charge in [0, 0.05) is 6.04 Å². The minimum absolute atomic E-state index is 0.0320. The molecule has 1 atom stereocenters. The third-order valence-electron chi connectivity index (χ3n) is 4.75. The van der Waals surface area contributed by atoms with Crippen LogP contribution in [-0.2, 0) is 22.9 Å². The second-order valence-electron chi connectivity index (χ2n) is 6.29. The lowest BCUT2D eigenvalue weighted by molar-refractivity contribution is 0.588. The van der Waals surface area contributed by atoms with Crippen LogP contribution in [0.4, 0.5) is 5.69 Å². The van der Waals surface area contributed by atoms with Gasteiger partial charge in [-0.05, 0) is 55.0 Å². The molecule has 0 saturated heterocycles. The first-order valence-corrected chi connectivity index (χ1v) is 9.42. The summed E-state index contributed by atoms with van der Waals surface area (Å²) in [6.07, 6.45) is 3.98. The molecule has 23 heavy (non-hydrogen) atoms. The molecule has 0 spiro atoms. The molecule has 0 bridgehead atoms. The Kier molecular flexibility index (Phi) is 3.31. The summed E-state index contributed by atoms with van der Waals surface area (Å²) in [4.78, 5) is 0.528. The highest BCUT2D eigenvalue weighted by Crippen LogP contribution is 2.38. The summed E-state index contributed by atoms with van der Waals surface area (Å²) >= 11 is 0. The van der Waals surface area contributed by atoms with Crippen LogP contribution in [0.25, 0.3) is 6.08 Å². The lowest BCUT2D eigenvalue weighted by Gasteiger charge is -2.27. The van der Waals surface area contributed by atoms with Gasteiger partial charge in [-0.15, -0.1) is 0 Å². The Hall–Kier alpha value is -2.07. The van der Waals surface area contributed by atoms with Crippen LogP contribution >= 0.6 is 0 Å². The molecule has 1 heterocycles. The van der Waals surface area contributed by atoms with Crippen molar-refractivity contribution in [2.75, 3.05) is 4.31 Å². The number of para-hydroxylation sites is 1. The number of allylic oxidation sites excluding steroid dienone is 1. The molecule has 1 unspecified atom stereocenters. The van der Waals surface area contributed by atoms with Crippen molar-refractivity contribution in [3.63, 3.8) is 0 Å². The standard InChI is InChI=1S/C19H19NO2S/c1-14-12-17-8-4-5-9-19(17)20(14)23(21,22)18-11-10-15-6-2-3-7-16(15)13-18/h2-9,13-14H,10-12H2,1H3. The van der Waals surface area contributed by atoms with E-state index in [-0.39, 0.29) is 6.04 Å². The first-order chi connectivity index (χ1) is 11.1. The number of hydrogen-bond donors (Lipinski definition) is 0. The fourth-order valence-corrected chi connectivity index (χ4v) is 5.51. The summed E-state index contributed by atoms with van der Waals surface area (Å²) in [6, 6.07) is 15.8. The Balaban J connectivity index is 1.79. The second-order valence-corrected chi connectivity index (χ2v) is 8.16. The molecule has 1 aliphatic carbocycles. The number of hydrogen-bond acceptors (Lipinski definition) is 2. The SMILES string of the molecule is CC1Cc2ccccc2N1S(=O)(=O)C1=Cc2ccccc2CC1. The van der Waals surface area contributed by atoms with E-state index in [4.69, 9.17) is 0 Å². The van der Waals surface area contributed by atoms with Gasteiger partial charge < -0.3 is 0 Å². The Bertz CT molecular complexity index is 899. The van der Waals surface area contributed by atoms with Crippen LogP contribution in [-0.4, -0.2) is 14.5 Å². The van der Waals surface area contributed by atoms with Gasteiger partial charge in [-0.2, -0.15) is 0 Å². The predicted octanol–water partition coefficient (Wildman–Crippen LogP) is 3.75. The van der Waals surface area contributed by atoms with Crippen molar-refractivity contribution in [3.05, 3.63) is 70.1 Å². The van der Waals surface area contributed by atoms with Crippen LogP contribution in [0.2, 0.25) is 0 Å². The van der Waals surface area contributed by atoms with Gasteiger partial charge >= 0.3 is 0 Å². The maximum absolute atomic E-state index is 13.2. The van der Waals surface area contributed by atoms with E-state index in [0.717, 1.165) is 29.7 Å². The molecule has 4 heteroatoms. The van der Waals surface area contributed by atoms with Gasteiger partial charge in [-0.1, -0.05) is 42.5 Å². The average molecular weight is 325 g/mol. The van der Waals surface area contributed by atoms with E-state index in [1.54, 1.807) is 4.31 Å². The maximum atomic E-state index is 13.2. The number of fused-ring (bicyclic) bond motifs is 2. The Labute approximate surface area is 137 Å². The van der Waals surface area contributed by atoms with Gasteiger partial charge in [0.1, 0.15) is 0 Å². The summed E-state index contributed by atoms with van der Waals surface area (Å²) in [5, 5.41) is 0. The van der Waals surface area contributed by atoms with E-state index in [9.17, 15) is 8.42 Å². The van der Waals surface area contributed by atoms with Crippen molar-refractivity contribution in [1.29, 1.82) is 0 Å². The van der Waals surface area contributed by atoms with Crippen LogP contribution in [0.5, 0.6) is 0 Å². The normalized spacial score (nSPS) is 20.0. The fraction of sp³-hybridized carbons (Fsp3) is 0.263. The minimum atomic E-state index is -3.47. The highest BCUT2D eigenvalue weighted by Gasteiger charge is 2.37. The van der Waals surface area contributed by atoms with Crippen molar-refractivity contribution >= 4 is 21.8 Å². The fourth-order valence-electron chi connectivity index (χ4n) is 3.64. The van der Waals surface area contributed by atoms with Crippen molar-refractivity contribution in [2.24, 2.45) is 0 Å². The topological polar surface area (TPSA) is 37.4 Å². The first-order valence-electron chi connectivity index (χ1n) is 7.98. The van der Waals surface area contributed by atoms with Crippen molar-refractivity contribution in [1.82, 2.24) is 0 Å². The number of benzene rings is 2. The van der Waals surface area contributed by atoms with Gasteiger partial charge in [0.05, 0.1) is 10.6 Å².